The Balaban J connectivity index is 3.33. The van der Waals surface area contributed by atoms with Gasteiger partial charge in [0.1, 0.15) is 0 Å². The Bertz CT molecular complexity index is 460. The van der Waals surface area contributed by atoms with Crippen molar-refractivity contribution in [3.63, 3.8) is 0 Å². The van der Waals surface area contributed by atoms with E-state index in [0.717, 1.165) is 11.3 Å². The molecule has 0 fully saturated rings. The molecule has 0 bridgehead atoms. The van der Waals surface area contributed by atoms with Gasteiger partial charge in [-0.15, -0.1) is 5.10 Å². The lowest BCUT2D eigenvalue weighted by Gasteiger charge is -1.83. The van der Waals surface area contributed by atoms with Gasteiger partial charge in [0.2, 0.25) is 15.0 Å². The Hall–Kier alpha value is -1.02. The summed E-state index contributed by atoms with van der Waals surface area (Å²) < 4.78 is 22.2. The minimum absolute atomic E-state index is 0.0440. The molecule has 6 nitrogen and oxygen atoms in total. The molecule has 0 atom stereocenters. The number of aromatic nitrogens is 2. The number of aryl methyl sites for hydroxylation is 1. The molecular formula is C5H7N3O3S2. The second-order valence-electron chi connectivity index (χ2n) is 2.18. The normalized spacial score (nSPS) is 12.4. The Morgan fingerprint density at radius 2 is 2.23 bits per heavy atom. The third kappa shape index (κ3) is 2.46. The van der Waals surface area contributed by atoms with Crippen LogP contribution in [0.3, 0.4) is 0 Å². The third-order valence-corrected chi connectivity index (χ3v) is 3.03. The maximum Gasteiger partial charge on any atom is 0.245 e. The van der Waals surface area contributed by atoms with Crippen LogP contribution in [0.5, 0.6) is 0 Å². The van der Waals surface area contributed by atoms with Gasteiger partial charge in [0, 0.05) is 14.0 Å². The van der Waals surface area contributed by atoms with Crippen LogP contribution < -0.4 is 4.80 Å². The SMILES string of the molecule is CC(=O)/N=c1/sc([SH](=O)=O)nn1C. The first-order chi connectivity index (χ1) is 6.00. The van der Waals surface area contributed by atoms with Crippen molar-refractivity contribution < 1.29 is 13.2 Å². The van der Waals surface area contributed by atoms with E-state index in [4.69, 9.17) is 0 Å². The maximum absolute atomic E-state index is 10.6. The van der Waals surface area contributed by atoms with Crippen LogP contribution in [-0.4, -0.2) is 24.1 Å². The van der Waals surface area contributed by atoms with Crippen molar-refractivity contribution in [3.05, 3.63) is 4.80 Å². The number of carbonyl (C=O) groups excluding carboxylic acids is 1. The molecule has 0 radical (unpaired) electrons. The summed E-state index contributed by atoms with van der Waals surface area (Å²) in [6.07, 6.45) is 0. The van der Waals surface area contributed by atoms with E-state index in [-0.39, 0.29) is 15.0 Å². The molecule has 1 aromatic heterocycles. The number of rotatable bonds is 1. The van der Waals surface area contributed by atoms with Crippen molar-refractivity contribution in [1.82, 2.24) is 9.78 Å². The molecule has 0 aliphatic heterocycles. The largest absolute Gasteiger partial charge is 0.273 e. The molecule has 0 aromatic carbocycles. The van der Waals surface area contributed by atoms with E-state index >= 15 is 0 Å². The zero-order chi connectivity index (χ0) is 10.0. The standard InChI is InChI=1S/C5H7N3O3S2/c1-3(9)6-4-8(2)7-5(12-4)13(10)11/h13H,1-2H3/b6-4+. The fourth-order valence-electron chi connectivity index (χ4n) is 0.643. The third-order valence-electron chi connectivity index (χ3n) is 1.10. The van der Waals surface area contributed by atoms with Crippen molar-refractivity contribution in [1.29, 1.82) is 0 Å². The number of carbonyl (C=O) groups is 1. The first-order valence-electron chi connectivity index (χ1n) is 3.24. The second kappa shape index (κ2) is 3.79. The quantitative estimate of drug-likeness (QED) is 0.610. The minimum atomic E-state index is -2.70. The van der Waals surface area contributed by atoms with Gasteiger partial charge in [-0.2, -0.15) is 4.99 Å². The van der Waals surface area contributed by atoms with Gasteiger partial charge in [-0.1, -0.05) is 11.3 Å². The summed E-state index contributed by atoms with van der Waals surface area (Å²) in [5.41, 5.74) is 0. The van der Waals surface area contributed by atoms with Crippen molar-refractivity contribution >= 4 is 27.9 Å². The van der Waals surface area contributed by atoms with Gasteiger partial charge in [0.05, 0.1) is 0 Å². The average Bonchev–Trinajstić information content (AvgIpc) is 2.31. The van der Waals surface area contributed by atoms with Crippen LogP contribution in [0, 0.1) is 0 Å². The van der Waals surface area contributed by atoms with Crippen LogP contribution >= 0.6 is 11.3 Å². The molecule has 8 heteroatoms. The highest BCUT2D eigenvalue weighted by Gasteiger charge is 2.03. The molecule has 0 saturated heterocycles. The van der Waals surface area contributed by atoms with Crippen LogP contribution in [0.1, 0.15) is 6.92 Å². The van der Waals surface area contributed by atoms with Gasteiger partial charge in [-0.25, -0.2) is 13.1 Å². The number of thiol groups is 1. The van der Waals surface area contributed by atoms with E-state index in [2.05, 4.69) is 10.1 Å². The van der Waals surface area contributed by atoms with Crippen LogP contribution in [0.15, 0.2) is 9.33 Å². The second-order valence-corrected chi connectivity index (χ2v) is 4.38. The predicted octanol–water partition coefficient (Wildman–Crippen LogP) is -1.10. The van der Waals surface area contributed by atoms with Crippen molar-refractivity contribution in [2.75, 3.05) is 0 Å². The fourth-order valence-corrected chi connectivity index (χ4v) is 2.07. The molecule has 0 saturated carbocycles. The summed E-state index contributed by atoms with van der Waals surface area (Å²) >= 11 is 0.864. The van der Waals surface area contributed by atoms with Gasteiger partial charge in [0.15, 0.2) is 10.7 Å². The summed E-state index contributed by atoms with van der Waals surface area (Å²) in [5, 5.41) is 3.66. The zero-order valence-electron chi connectivity index (χ0n) is 6.92. The topological polar surface area (TPSA) is 81.4 Å². The Morgan fingerprint density at radius 1 is 1.62 bits per heavy atom. The van der Waals surface area contributed by atoms with Gasteiger partial charge < -0.3 is 0 Å². The van der Waals surface area contributed by atoms with Crippen molar-refractivity contribution in [2.45, 2.75) is 11.3 Å². The minimum Gasteiger partial charge on any atom is -0.273 e. The summed E-state index contributed by atoms with van der Waals surface area (Å²) in [4.78, 5) is 14.4. The number of amides is 1. The Labute approximate surface area is 79.5 Å². The van der Waals surface area contributed by atoms with Crippen molar-refractivity contribution in [2.24, 2.45) is 12.0 Å². The lowest BCUT2D eigenvalue weighted by atomic mass is 10.8. The first-order valence-corrected chi connectivity index (χ1v) is 5.24. The van der Waals surface area contributed by atoms with Crippen LogP contribution in [0.2, 0.25) is 0 Å². The highest BCUT2D eigenvalue weighted by Crippen LogP contribution is 1.98. The van der Waals surface area contributed by atoms with Gasteiger partial charge in [0.25, 0.3) is 0 Å². The molecule has 0 unspecified atom stereocenters. The molecular weight excluding hydrogens is 214 g/mol. The summed E-state index contributed by atoms with van der Waals surface area (Å²) in [5.74, 6) is -0.382. The van der Waals surface area contributed by atoms with Gasteiger partial charge in [-0.05, 0) is 0 Å². The van der Waals surface area contributed by atoms with Gasteiger partial charge in [-0.3, -0.25) is 4.79 Å². The average molecular weight is 221 g/mol. The molecule has 1 heterocycles. The molecule has 1 rings (SSSR count). The van der Waals surface area contributed by atoms with Crippen molar-refractivity contribution in [3.8, 4) is 0 Å². The molecule has 0 N–H and O–H groups in total. The highest BCUT2D eigenvalue weighted by atomic mass is 32.2. The molecule has 1 aromatic rings. The Kier molecular flexibility index (Phi) is 2.94. The van der Waals surface area contributed by atoms with E-state index in [0.29, 0.717) is 0 Å². The molecule has 13 heavy (non-hydrogen) atoms. The molecule has 0 spiro atoms. The molecule has 0 aliphatic carbocycles. The van der Waals surface area contributed by atoms with E-state index in [9.17, 15) is 13.2 Å². The Morgan fingerprint density at radius 3 is 2.62 bits per heavy atom. The number of hydrogen-bond acceptors (Lipinski definition) is 5. The smallest absolute Gasteiger partial charge is 0.245 e. The highest BCUT2D eigenvalue weighted by molar-refractivity contribution is 7.75. The fraction of sp³-hybridized carbons (Fsp3) is 0.400. The molecule has 72 valence electrons. The lowest BCUT2D eigenvalue weighted by Crippen LogP contribution is -2.13. The molecule has 1 amide bonds. The summed E-state index contributed by atoms with van der Waals surface area (Å²) in [7, 11) is -1.17. The number of nitrogens with zero attached hydrogens (tertiary/aromatic N) is 3. The molecule has 0 aliphatic rings. The predicted molar refractivity (Wildman–Crippen MR) is 45.9 cm³/mol. The van der Waals surface area contributed by atoms with E-state index in [1.807, 2.05) is 0 Å². The van der Waals surface area contributed by atoms with E-state index in [1.165, 1.54) is 18.7 Å². The first kappa shape index (κ1) is 10.1. The summed E-state index contributed by atoms with van der Waals surface area (Å²) in [6, 6.07) is 0. The monoisotopic (exact) mass is 221 g/mol. The van der Waals surface area contributed by atoms with E-state index < -0.39 is 10.7 Å². The van der Waals surface area contributed by atoms with E-state index in [1.54, 1.807) is 0 Å². The maximum atomic E-state index is 10.6. The number of hydrogen-bond donors (Lipinski definition) is 1. The summed E-state index contributed by atoms with van der Waals surface area (Å²) in [6.45, 7) is 1.29. The van der Waals surface area contributed by atoms with Crippen LogP contribution in [0.25, 0.3) is 0 Å². The van der Waals surface area contributed by atoms with Crippen LogP contribution in [0.4, 0.5) is 0 Å². The van der Waals surface area contributed by atoms with Crippen LogP contribution in [-0.2, 0) is 22.5 Å². The lowest BCUT2D eigenvalue weighted by molar-refractivity contribution is -0.116. The zero-order valence-corrected chi connectivity index (χ0v) is 8.63. The van der Waals surface area contributed by atoms with Gasteiger partial charge >= 0.3 is 0 Å².